The smallest absolute Gasteiger partial charge is 0.0235 e. The summed E-state index contributed by atoms with van der Waals surface area (Å²) in [5, 5.41) is 0. The van der Waals surface area contributed by atoms with Crippen LogP contribution in [0.4, 0.5) is 0 Å². The molecule has 0 aliphatic heterocycles. The van der Waals surface area contributed by atoms with Crippen molar-refractivity contribution < 1.29 is 0 Å². The lowest BCUT2D eigenvalue weighted by Gasteiger charge is -2.19. The molecule has 0 amide bonds. The Hall–Kier alpha value is -2.34. The van der Waals surface area contributed by atoms with Crippen molar-refractivity contribution in [2.75, 3.05) is 0 Å². The molecule has 152 valence electrons. The van der Waals surface area contributed by atoms with Gasteiger partial charge in [0.05, 0.1) is 0 Å². The third kappa shape index (κ3) is 7.54. The summed E-state index contributed by atoms with van der Waals surface area (Å²) in [5.41, 5.74) is 7.84. The Kier molecular flexibility index (Phi) is 7.69. The van der Waals surface area contributed by atoms with E-state index in [2.05, 4.69) is 99.6 Å². The zero-order chi connectivity index (χ0) is 20.5. The minimum atomic E-state index is 0.416. The van der Waals surface area contributed by atoms with Crippen molar-refractivity contribution >= 4 is 0 Å². The van der Waals surface area contributed by atoms with Crippen LogP contribution in [0.25, 0.3) is 0 Å². The molecule has 0 unspecified atom stereocenters. The second-order valence-electron chi connectivity index (χ2n) is 9.49. The van der Waals surface area contributed by atoms with Crippen molar-refractivity contribution in [3.05, 3.63) is 107 Å². The number of rotatable bonds is 9. The molecule has 0 aliphatic carbocycles. The average molecular weight is 385 g/mol. The van der Waals surface area contributed by atoms with E-state index in [1.165, 1.54) is 36.0 Å². The number of hydrogen-bond acceptors (Lipinski definition) is 0. The minimum absolute atomic E-state index is 0.416. The fourth-order valence-electron chi connectivity index (χ4n) is 3.98. The van der Waals surface area contributed by atoms with E-state index in [1.807, 2.05) is 0 Å². The van der Waals surface area contributed by atoms with Crippen molar-refractivity contribution in [2.45, 2.75) is 65.7 Å². The summed E-state index contributed by atoms with van der Waals surface area (Å²) in [7, 11) is 0. The summed E-state index contributed by atoms with van der Waals surface area (Å²) in [4.78, 5) is 0. The van der Waals surface area contributed by atoms with E-state index >= 15 is 0 Å². The monoisotopic (exact) mass is 384 g/mol. The fourth-order valence-corrected chi connectivity index (χ4v) is 3.98. The molecule has 0 heteroatoms. The first-order valence-electron chi connectivity index (χ1n) is 11.2. The van der Waals surface area contributed by atoms with Gasteiger partial charge in [-0.1, -0.05) is 99.6 Å². The molecule has 0 fully saturated rings. The molecule has 3 aromatic rings. The molecule has 0 saturated carbocycles. The van der Waals surface area contributed by atoms with Crippen LogP contribution in [0.3, 0.4) is 0 Å². The summed E-state index contributed by atoms with van der Waals surface area (Å²) in [5.74, 6) is 0. The Morgan fingerprint density at radius 1 is 0.517 bits per heavy atom. The topological polar surface area (TPSA) is 0 Å². The first kappa shape index (κ1) is 21.4. The summed E-state index contributed by atoms with van der Waals surface area (Å²) < 4.78 is 0. The standard InChI is InChI=1S/C29H36/c1-29(2,3)22-10-15-27-20-19-26(17-16-24-11-6-4-7-12-24)23-28(27)21-18-25-13-8-5-9-14-25/h4-9,11-14,19-20,23H,10,15-18,21-22H2,1-3H3. The van der Waals surface area contributed by atoms with E-state index < -0.39 is 0 Å². The Morgan fingerprint density at radius 2 is 1.07 bits per heavy atom. The van der Waals surface area contributed by atoms with Crippen LogP contribution in [0.2, 0.25) is 0 Å². The van der Waals surface area contributed by atoms with Crippen LogP contribution in [-0.2, 0) is 32.1 Å². The van der Waals surface area contributed by atoms with Crippen molar-refractivity contribution in [3.63, 3.8) is 0 Å². The van der Waals surface area contributed by atoms with Crippen LogP contribution in [0.15, 0.2) is 78.9 Å². The van der Waals surface area contributed by atoms with Gasteiger partial charge >= 0.3 is 0 Å². The summed E-state index contributed by atoms with van der Waals surface area (Å²) in [6.45, 7) is 7.03. The molecule has 0 saturated heterocycles. The molecular formula is C29H36. The molecule has 0 aromatic heterocycles. The summed E-state index contributed by atoms with van der Waals surface area (Å²) >= 11 is 0. The Labute approximate surface area is 178 Å². The van der Waals surface area contributed by atoms with Crippen molar-refractivity contribution in [1.82, 2.24) is 0 Å². The van der Waals surface area contributed by atoms with Crippen molar-refractivity contribution in [2.24, 2.45) is 5.41 Å². The highest BCUT2D eigenvalue weighted by Crippen LogP contribution is 2.24. The van der Waals surface area contributed by atoms with Gasteiger partial charge in [0, 0.05) is 0 Å². The lowest BCUT2D eigenvalue weighted by Crippen LogP contribution is -2.06. The quantitative estimate of drug-likeness (QED) is 0.356. The largest absolute Gasteiger partial charge is 0.0622 e. The number of aryl methyl sites for hydroxylation is 5. The maximum atomic E-state index is 2.48. The lowest BCUT2D eigenvalue weighted by molar-refractivity contribution is 0.365. The SMILES string of the molecule is CC(C)(C)CCCc1ccc(CCc2ccccc2)cc1CCc1ccccc1. The van der Waals surface area contributed by atoms with E-state index in [0.717, 1.165) is 25.7 Å². The summed E-state index contributed by atoms with van der Waals surface area (Å²) in [6.07, 6.45) is 8.22. The Morgan fingerprint density at radius 3 is 1.66 bits per heavy atom. The number of benzene rings is 3. The third-order valence-corrected chi connectivity index (χ3v) is 5.71. The van der Waals surface area contributed by atoms with Gasteiger partial charge in [-0.3, -0.25) is 0 Å². The van der Waals surface area contributed by atoms with Crippen LogP contribution in [-0.4, -0.2) is 0 Å². The van der Waals surface area contributed by atoms with Gasteiger partial charge in [-0.2, -0.15) is 0 Å². The van der Waals surface area contributed by atoms with Crippen LogP contribution in [0, 0.1) is 5.41 Å². The maximum Gasteiger partial charge on any atom is -0.0235 e. The molecule has 0 bridgehead atoms. The highest BCUT2D eigenvalue weighted by atomic mass is 14.2. The fraction of sp³-hybridized carbons (Fsp3) is 0.379. The van der Waals surface area contributed by atoms with Crippen LogP contribution in [0.5, 0.6) is 0 Å². The lowest BCUT2D eigenvalue weighted by atomic mass is 9.87. The molecule has 0 heterocycles. The molecule has 0 nitrogen and oxygen atoms in total. The van der Waals surface area contributed by atoms with Gasteiger partial charge in [-0.05, 0) is 78.2 Å². The van der Waals surface area contributed by atoms with Gasteiger partial charge < -0.3 is 0 Å². The second-order valence-corrected chi connectivity index (χ2v) is 9.49. The first-order valence-corrected chi connectivity index (χ1v) is 11.2. The predicted molar refractivity (Wildman–Crippen MR) is 127 cm³/mol. The van der Waals surface area contributed by atoms with E-state index in [9.17, 15) is 0 Å². The normalized spacial score (nSPS) is 11.6. The Balaban J connectivity index is 1.69. The maximum absolute atomic E-state index is 2.48. The Bertz CT molecular complexity index is 854. The van der Waals surface area contributed by atoms with Gasteiger partial charge in [0.2, 0.25) is 0 Å². The average Bonchev–Trinajstić information content (AvgIpc) is 2.72. The number of hydrogen-bond donors (Lipinski definition) is 0. The van der Waals surface area contributed by atoms with Crippen LogP contribution < -0.4 is 0 Å². The van der Waals surface area contributed by atoms with Gasteiger partial charge in [0.1, 0.15) is 0 Å². The van der Waals surface area contributed by atoms with Crippen LogP contribution >= 0.6 is 0 Å². The predicted octanol–water partition coefficient (Wildman–Crippen LogP) is 7.63. The van der Waals surface area contributed by atoms with Crippen molar-refractivity contribution in [3.8, 4) is 0 Å². The highest BCUT2D eigenvalue weighted by Gasteiger charge is 2.11. The zero-order valence-corrected chi connectivity index (χ0v) is 18.5. The minimum Gasteiger partial charge on any atom is -0.0622 e. The molecule has 3 rings (SSSR count). The molecule has 0 N–H and O–H groups in total. The van der Waals surface area contributed by atoms with E-state index in [1.54, 1.807) is 11.1 Å². The molecule has 0 atom stereocenters. The third-order valence-electron chi connectivity index (χ3n) is 5.71. The van der Waals surface area contributed by atoms with Gasteiger partial charge in [-0.25, -0.2) is 0 Å². The molecule has 0 aliphatic rings. The van der Waals surface area contributed by atoms with Gasteiger partial charge in [0.25, 0.3) is 0 Å². The van der Waals surface area contributed by atoms with Crippen LogP contribution in [0.1, 0.15) is 61.4 Å². The van der Waals surface area contributed by atoms with E-state index in [-0.39, 0.29) is 0 Å². The molecule has 3 aromatic carbocycles. The first-order chi connectivity index (χ1) is 14.0. The second kappa shape index (κ2) is 10.4. The van der Waals surface area contributed by atoms with Gasteiger partial charge in [-0.15, -0.1) is 0 Å². The van der Waals surface area contributed by atoms with Gasteiger partial charge in [0.15, 0.2) is 0 Å². The molecule has 0 radical (unpaired) electrons. The van der Waals surface area contributed by atoms with E-state index in [4.69, 9.17) is 0 Å². The molecule has 29 heavy (non-hydrogen) atoms. The molecular weight excluding hydrogens is 348 g/mol. The van der Waals surface area contributed by atoms with E-state index in [0.29, 0.717) is 5.41 Å². The highest BCUT2D eigenvalue weighted by molar-refractivity contribution is 5.34. The van der Waals surface area contributed by atoms with Crippen molar-refractivity contribution in [1.29, 1.82) is 0 Å². The summed E-state index contributed by atoms with van der Waals surface area (Å²) in [6, 6.07) is 29.0. The molecule has 0 spiro atoms. The zero-order valence-electron chi connectivity index (χ0n) is 18.5.